The topological polar surface area (TPSA) is 70.5 Å². The first kappa shape index (κ1) is 14.6. The molecular weight excluding hydrogens is 308 g/mol. The van der Waals surface area contributed by atoms with Crippen LogP contribution in [0.25, 0.3) is 0 Å². The number of halogens is 1. The Morgan fingerprint density at radius 2 is 2.09 bits per heavy atom. The molecule has 0 saturated carbocycles. The predicted octanol–water partition coefficient (Wildman–Crippen LogP) is 2.57. The number of hydrogen-bond acceptors (Lipinski definition) is 6. The minimum Gasteiger partial charge on any atom is -0.486 e. The van der Waals surface area contributed by atoms with Crippen LogP contribution in [0.2, 0.25) is 5.02 Å². The Labute approximate surface area is 132 Å². The second-order valence-corrected chi connectivity index (χ2v) is 5.13. The minimum atomic E-state index is -0.543. The van der Waals surface area contributed by atoms with Crippen LogP contribution in [-0.4, -0.2) is 29.2 Å². The van der Waals surface area contributed by atoms with Crippen molar-refractivity contribution in [1.29, 1.82) is 0 Å². The van der Waals surface area contributed by atoms with E-state index in [1.807, 2.05) is 0 Å². The standard InChI is InChI=1S/C15H13ClN2O4/c1-9-6-18-12(7-17-9)15(19)22-8-10-4-11(16)14-13(5-10)20-2-3-21-14/h4-7H,2-3,8H2,1H3. The summed E-state index contributed by atoms with van der Waals surface area (Å²) >= 11 is 6.13. The third kappa shape index (κ3) is 3.12. The van der Waals surface area contributed by atoms with E-state index in [2.05, 4.69) is 9.97 Å². The third-order valence-electron chi connectivity index (χ3n) is 3.02. The molecule has 7 heteroatoms. The monoisotopic (exact) mass is 320 g/mol. The normalized spacial score (nSPS) is 12.8. The van der Waals surface area contributed by atoms with E-state index in [1.165, 1.54) is 12.4 Å². The first-order chi connectivity index (χ1) is 10.6. The molecule has 0 amide bonds. The molecule has 2 aromatic rings. The number of hydrogen-bond donors (Lipinski definition) is 0. The number of aryl methyl sites for hydroxylation is 1. The summed E-state index contributed by atoms with van der Waals surface area (Å²) in [4.78, 5) is 19.9. The van der Waals surface area contributed by atoms with Gasteiger partial charge in [0.2, 0.25) is 0 Å². The van der Waals surface area contributed by atoms with E-state index < -0.39 is 5.97 Å². The summed E-state index contributed by atoms with van der Waals surface area (Å²) in [6.45, 7) is 2.78. The minimum absolute atomic E-state index is 0.0603. The van der Waals surface area contributed by atoms with E-state index in [-0.39, 0.29) is 12.3 Å². The van der Waals surface area contributed by atoms with Gasteiger partial charge in [0.05, 0.1) is 16.9 Å². The fraction of sp³-hybridized carbons (Fsp3) is 0.267. The maximum absolute atomic E-state index is 11.9. The molecule has 0 N–H and O–H groups in total. The first-order valence-electron chi connectivity index (χ1n) is 6.67. The Morgan fingerprint density at radius 1 is 1.27 bits per heavy atom. The van der Waals surface area contributed by atoms with Gasteiger partial charge in [0.15, 0.2) is 17.2 Å². The van der Waals surface area contributed by atoms with Crippen molar-refractivity contribution in [3.8, 4) is 11.5 Å². The largest absolute Gasteiger partial charge is 0.486 e. The van der Waals surface area contributed by atoms with Gasteiger partial charge in [-0.1, -0.05) is 11.6 Å². The molecule has 0 saturated heterocycles. The molecule has 0 fully saturated rings. The zero-order valence-electron chi connectivity index (χ0n) is 11.8. The maximum Gasteiger partial charge on any atom is 0.358 e. The summed E-state index contributed by atoms with van der Waals surface area (Å²) in [6, 6.07) is 3.43. The molecule has 1 aromatic heterocycles. The summed E-state index contributed by atoms with van der Waals surface area (Å²) in [6.07, 6.45) is 2.89. The Balaban J connectivity index is 1.70. The van der Waals surface area contributed by atoms with Crippen molar-refractivity contribution in [1.82, 2.24) is 9.97 Å². The van der Waals surface area contributed by atoms with Gasteiger partial charge >= 0.3 is 5.97 Å². The van der Waals surface area contributed by atoms with Gasteiger partial charge in [-0.15, -0.1) is 0 Å². The van der Waals surface area contributed by atoms with Crippen molar-refractivity contribution in [3.05, 3.63) is 46.5 Å². The molecule has 0 unspecified atom stereocenters. The first-order valence-corrected chi connectivity index (χ1v) is 7.05. The van der Waals surface area contributed by atoms with E-state index in [1.54, 1.807) is 19.1 Å². The quantitative estimate of drug-likeness (QED) is 0.809. The summed E-state index contributed by atoms with van der Waals surface area (Å²) in [5, 5.41) is 0.429. The molecule has 2 heterocycles. The van der Waals surface area contributed by atoms with Crippen LogP contribution >= 0.6 is 11.6 Å². The average Bonchev–Trinajstić information content (AvgIpc) is 2.53. The fourth-order valence-corrected chi connectivity index (χ4v) is 2.26. The number of ether oxygens (including phenoxy) is 3. The van der Waals surface area contributed by atoms with Gasteiger partial charge in [-0.3, -0.25) is 4.98 Å². The Morgan fingerprint density at radius 3 is 2.86 bits per heavy atom. The second-order valence-electron chi connectivity index (χ2n) is 4.72. The highest BCUT2D eigenvalue weighted by atomic mass is 35.5. The molecule has 0 spiro atoms. The summed E-state index contributed by atoms with van der Waals surface area (Å²) in [7, 11) is 0. The highest BCUT2D eigenvalue weighted by molar-refractivity contribution is 6.32. The maximum atomic E-state index is 11.9. The van der Waals surface area contributed by atoms with Crippen molar-refractivity contribution >= 4 is 17.6 Å². The van der Waals surface area contributed by atoms with Gasteiger partial charge < -0.3 is 14.2 Å². The van der Waals surface area contributed by atoms with Gasteiger partial charge in [-0.25, -0.2) is 9.78 Å². The molecular formula is C15H13ClN2O4. The van der Waals surface area contributed by atoms with Gasteiger partial charge in [0.1, 0.15) is 19.8 Å². The molecule has 0 atom stereocenters. The number of esters is 1. The molecule has 114 valence electrons. The van der Waals surface area contributed by atoms with Crippen molar-refractivity contribution in [3.63, 3.8) is 0 Å². The van der Waals surface area contributed by atoms with Crippen molar-refractivity contribution < 1.29 is 19.0 Å². The van der Waals surface area contributed by atoms with Crippen LogP contribution in [0.5, 0.6) is 11.5 Å². The Bertz CT molecular complexity index is 703. The highest BCUT2D eigenvalue weighted by Crippen LogP contribution is 2.38. The van der Waals surface area contributed by atoms with Crippen molar-refractivity contribution in [2.75, 3.05) is 13.2 Å². The molecule has 0 bridgehead atoms. The molecule has 22 heavy (non-hydrogen) atoms. The lowest BCUT2D eigenvalue weighted by Crippen LogP contribution is -2.16. The lowest BCUT2D eigenvalue weighted by molar-refractivity contribution is 0.0464. The second kappa shape index (κ2) is 6.19. The van der Waals surface area contributed by atoms with Crippen molar-refractivity contribution in [2.24, 2.45) is 0 Å². The highest BCUT2D eigenvalue weighted by Gasteiger charge is 2.17. The van der Waals surface area contributed by atoms with Crippen LogP contribution in [0, 0.1) is 6.92 Å². The van der Waals surface area contributed by atoms with E-state index in [0.717, 1.165) is 5.69 Å². The smallest absolute Gasteiger partial charge is 0.358 e. The van der Waals surface area contributed by atoms with Crippen LogP contribution in [-0.2, 0) is 11.3 Å². The third-order valence-corrected chi connectivity index (χ3v) is 3.30. The van der Waals surface area contributed by atoms with Crippen LogP contribution in [0.3, 0.4) is 0 Å². The molecule has 0 radical (unpaired) electrons. The zero-order chi connectivity index (χ0) is 15.5. The van der Waals surface area contributed by atoms with Gasteiger partial charge in [-0.2, -0.15) is 0 Å². The lowest BCUT2D eigenvalue weighted by atomic mass is 10.2. The van der Waals surface area contributed by atoms with E-state index >= 15 is 0 Å². The number of carbonyl (C=O) groups is 1. The van der Waals surface area contributed by atoms with Gasteiger partial charge in [0.25, 0.3) is 0 Å². The molecule has 1 aromatic carbocycles. The van der Waals surface area contributed by atoms with Gasteiger partial charge in [-0.05, 0) is 24.6 Å². The molecule has 1 aliphatic rings. The van der Waals surface area contributed by atoms with E-state index in [0.29, 0.717) is 35.3 Å². The number of rotatable bonds is 3. The summed E-state index contributed by atoms with van der Waals surface area (Å²) in [5.41, 5.74) is 1.60. The number of nitrogens with zero attached hydrogens (tertiary/aromatic N) is 2. The number of fused-ring (bicyclic) bond motifs is 1. The number of aromatic nitrogens is 2. The predicted molar refractivity (Wildman–Crippen MR) is 78.3 cm³/mol. The Hall–Kier alpha value is -2.34. The SMILES string of the molecule is Cc1cnc(C(=O)OCc2cc(Cl)c3c(c2)OCCO3)cn1. The van der Waals surface area contributed by atoms with E-state index in [4.69, 9.17) is 25.8 Å². The summed E-state index contributed by atoms with van der Waals surface area (Å²) < 4.78 is 16.1. The lowest BCUT2D eigenvalue weighted by Gasteiger charge is -2.20. The molecule has 6 nitrogen and oxygen atoms in total. The average molecular weight is 321 g/mol. The van der Waals surface area contributed by atoms with Crippen LogP contribution in [0.4, 0.5) is 0 Å². The van der Waals surface area contributed by atoms with Crippen LogP contribution < -0.4 is 9.47 Å². The zero-order valence-corrected chi connectivity index (χ0v) is 12.6. The van der Waals surface area contributed by atoms with E-state index in [9.17, 15) is 4.79 Å². The number of carbonyl (C=O) groups excluding carboxylic acids is 1. The van der Waals surface area contributed by atoms with Crippen LogP contribution in [0.15, 0.2) is 24.5 Å². The Kier molecular flexibility index (Phi) is 4.11. The van der Waals surface area contributed by atoms with Crippen molar-refractivity contribution in [2.45, 2.75) is 13.5 Å². The molecule has 1 aliphatic heterocycles. The number of benzene rings is 1. The van der Waals surface area contributed by atoms with Crippen LogP contribution in [0.1, 0.15) is 21.7 Å². The molecule has 3 rings (SSSR count). The van der Waals surface area contributed by atoms with Gasteiger partial charge in [0, 0.05) is 6.20 Å². The summed E-state index contributed by atoms with van der Waals surface area (Å²) in [5.74, 6) is 0.533. The molecule has 0 aliphatic carbocycles. The fourth-order valence-electron chi connectivity index (χ4n) is 1.97.